The topological polar surface area (TPSA) is 32.3 Å². The molecule has 1 aliphatic rings. The number of amides is 1. The Morgan fingerprint density at radius 3 is 2.32 bits per heavy atom. The van der Waals surface area contributed by atoms with Gasteiger partial charge in [-0.2, -0.15) is 13.2 Å². The first kappa shape index (κ1) is 16.3. The molecule has 1 amide bonds. The van der Waals surface area contributed by atoms with Crippen LogP contribution in [0.1, 0.15) is 39.5 Å². The lowest BCUT2D eigenvalue weighted by Crippen LogP contribution is -2.45. The maximum atomic E-state index is 12.0. The monoisotopic (exact) mass is 280 g/mol. The first-order valence-corrected chi connectivity index (χ1v) is 6.64. The van der Waals surface area contributed by atoms with Gasteiger partial charge in [0.05, 0.1) is 13.1 Å². The number of rotatable bonds is 4. The minimum atomic E-state index is -4.27. The van der Waals surface area contributed by atoms with E-state index in [1.165, 1.54) is 0 Å². The Hall–Kier alpha value is -0.780. The Balaban J connectivity index is 2.33. The number of nitrogens with zero attached hydrogens (tertiary/aromatic N) is 1. The Bertz CT molecular complexity index is 306. The first-order chi connectivity index (χ1) is 8.61. The molecule has 0 bridgehead atoms. The van der Waals surface area contributed by atoms with E-state index < -0.39 is 12.7 Å². The van der Waals surface area contributed by atoms with Crippen LogP contribution in [0.3, 0.4) is 0 Å². The van der Waals surface area contributed by atoms with Crippen molar-refractivity contribution in [2.75, 3.05) is 20.1 Å². The van der Waals surface area contributed by atoms with Gasteiger partial charge in [-0.05, 0) is 31.1 Å². The zero-order chi connectivity index (χ0) is 14.7. The van der Waals surface area contributed by atoms with Crippen LogP contribution >= 0.6 is 0 Å². The van der Waals surface area contributed by atoms with Crippen LogP contribution in [-0.2, 0) is 4.79 Å². The van der Waals surface area contributed by atoms with Crippen molar-refractivity contribution in [3.63, 3.8) is 0 Å². The zero-order valence-electron chi connectivity index (χ0n) is 11.8. The van der Waals surface area contributed by atoms with Gasteiger partial charge >= 0.3 is 6.18 Å². The van der Waals surface area contributed by atoms with Gasteiger partial charge in [0.25, 0.3) is 0 Å². The number of likely N-dealkylation sites (N-methyl/N-ethyl adjacent to an activating group) is 1. The molecule has 0 unspecified atom stereocenters. The number of alkyl halides is 3. The Morgan fingerprint density at radius 1 is 1.32 bits per heavy atom. The fraction of sp³-hybridized carbons (Fsp3) is 0.923. The second kappa shape index (κ2) is 6.11. The van der Waals surface area contributed by atoms with E-state index in [2.05, 4.69) is 19.2 Å². The number of nitrogens with one attached hydrogen (secondary N) is 1. The number of halogens is 3. The highest BCUT2D eigenvalue weighted by Crippen LogP contribution is 2.36. The molecular formula is C13H23F3N2O. The molecule has 0 atom stereocenters. The van der Waals surface area contributed by atoms with Gasteiger partial charge in [-0.3, -0.25) is 4.79 Å². The van der Waals surface area contributed by atoms with Crippen LogP contribution in [0, 0.1) is 5.41 Å². The van der Waals surface area contributed by atoms with Crippen LogP contribution in [0.2, 0.25) is 0 Å². The summed E-state index contributed by atoms with van der Waals surface area (Å²) in [7, 11) is 1.68. The number of carbonyl (C=O) groups is 1. The lowest BCUT2D eigenvalue weighted by Gasteiger charge is -2.38. The highest BCUT2D eigenvalue weighted by Gasteiger charge is 2.31. The van der Waals surface area contributed by atoms with E-state index in [1.54, 1.807) is 11.9 Å². The fourth-order valence-corrected chi connectivity index (χ4v) is 2.41. The maximum absolute atomic E-state index is 12.0. The van der Waals surface area contributed by atoms with Crippen molar-refractivity contribution >= 4 is 5.91 Å². The van der Waals surface area contributed by atoms with Crippen LogP contribution in [0.5, 0.6) is 0 Å². The molecule has 1 N–H and O–H groups in total. The minimum Gasteiger partial charge on any atom is -0.342 e. The molecule has 0 aromatic carbocycles. The van der Waals surface area contributed by atoms with Crippen LogP contribution < -0.4 is 5.32 Å². The summed E-state index contributed by atoms with van der Waals surface area (Å²) in [5.74, 6) is -0.269. The Morgan fingerprint density at radius 2 is 1.84 bits per heavy atom. The van der Waals surface area contributed by atoms with E-state index in [9.17, 15) is 18.0 Å². The van der Waals surface area contributed by atoms with E-state index in [0.29, 0.717) is 5.41 Å². The van der Waals surface area contributed by atoms with Crippen molar-refractivity contribution in [3.05, 3.63) is 0 Å². The third-order valence-electron chi connectivity index (χ3n) is 3.85. The summed E-state index contributed by atoms with van der Waals surface area (Å²) in [4.78, 5) is 13.4. The molecule has 0 radical (unpaired) electrons. The van der Waals surface area contributed by atoms with Gasteiger partial charge in [0.2, 0.25) is 5.91 Å². The van der Waals surface area contributed by atoms with E-state index in [4.69, 9.17) is 0 Å². The number of hydrogen-bond donors (Lipinski definition) is 1. The van der Waals surface area contributed by atoms with Gasteiger partial charge in [0.15, 0.2) is 0 Å². The molecule has 1 rings (SSSR count). The van der Waals surface area contributed by atoms with E-state index in [1.807, 2.05) is 0 Å². The summed E-state index contributed by atoms with van der Waals surface area (Å²) in [6.07, 6.45) is -0.326. The summed E-state index contributed by atoms with van der Waals surface area (Å²) in [5, 5.41) is 2.15. The molecule has 1 fully saturated rings. The van der Waals surface area contributed by atoms with Crippen molar-refractivity contribution in [3.8, 4) is 0 Å². The van der Waals surface area contributed by atoms with Crippen LogP contribution in [0.15, 0.2) is 0 Å². The Labute approximate surface area is 112 Å². The molecule has 19 heavy (non-hydrogen) atoms. The molecule has 0 aromatic rings. The highest BCUT2D eigenvalue weighted by molar-refractivity contribution is 5.78. The molecule has 3 nitrogen and oxygen atoms in total. The smallest absolute Gasteiger partial charge is 0.342 e. The summed E-state index contributed by atoms with van der Waals surface area (Å²) < 4.78 is 35.9. The molecule has 0 saturated heterocycles. The standard InChI is InChI=1S/C13H23F3N2O/c1-12(2)6-4-10(5-7-12)18(3)11(19)8-17-9-13(14,15)16/h10,17H,4-9H2,1-3H3. The SMILES string of the molecule is CN(C(=O)CNCC(F)(F)F)C1CCC(C)(C)CC1. The molecule has 0 aromatic heterocycles. The van der Waals surface area contributed by atoms with Gasteiger partial charge < -0.3 is 10.2 Å². The van der Waals surface area contributed by atoms with E-state index in [0.717, 1.165) is 25.7 Å². The second-order valence-corrected chi connectivity index (χ2v) is 6.12. The van der Waals surface area contributed by atoms with Crippen molar-refractivity contribution in [1.29, 1.82) is 0 Å². The molecule has 0 heterocycles. The summed E-state index contributed by atoms with van der Waals surface area (Å²) >= 11 is 0. The van der Waals surface area contributed by atoms with Crippen molar-refractivity contribution in [2.24, 2.45) is 5.41 Å². The third-order valence-corrected chi connectivity index (χ3v) is 3.85. The number of hydrogen-bond acceptors (Lipinski definition) is 2. The van der Waals surface area contributed by atoms with Gasteiger partial charge in [-0.1, -0.05) is 13.8 Å². The molecule has 0 aliphatic heterocycles. The van der Waals surface area contributed by atoms with Crippen LogP contribution in [-0.4, -0.2) is 43.2 Å². The molecule has 6 heteroatoms. The lowest BCUT2D eigenvalue weighted by atomic mass is 9.75. The van der Waals surface area contributed by atoms with Crippen molar-refractivity contribution in [2.45, 2.75) is 51.7 Å². The molecule has 0 spiro atoms. The Kier molecular flexibility index (Phi) is 5.24. The van der Waals surface area contributed by atoms with Crippen molar-refractivity contribution < 1.29 is 18.0 Å². The number of carbonyl (C=O) groups excluding carboxylic acids is 1. The summed E-state index contributed by atoms with van der Waals surface area (Å²) in [5.41, 5.74) is 0.314. The van der Waals surface area contributed by atoms with Gasteiger partial charge in [-0.25, -0.2) is 0 Å². The summed E-state index contributed by atoms with van der Waals surface area (Å²) in [6.45, 7) is 3.03. The van der Waals surface area contributed by atoms with Crippen LogP contribution in [0.4, 0.5) is 13.2 Å². The molecule has 1 saturated carbocycles. The minimum absolute atomic E-state index is 0.160. The third kappa shape index (κ3) is 5.80. The lowest BCUT2D eigenvalue weighted by molar-refractivity contribution is -0.135. The summed E-state index contributed by atoms with van der Waals surface area (Å²) in [6, 6.07) is 0.160. The maximum Gasteiger partial charge on any atom is 0.401 e. The van der Waals surface area contributed by atoms with Gasteiger partial charge in [0.1, 0.15) is 0 Å². The molecule has 112 valence electrons. The van der Waals surface area contributed by atoms with Crippen LogP contribution in [0.25, 0.3) is 0 Å². The van der Waals surface area contributed by atoms with E-state index in [-0.39, 0.29) is 18.5 Å². The van der Waals surface area contributed by atoms with E-state index >= 15 is 0 Å². The molecule has 1 aliphatic carbocycles. The first-order valence-electron chi connectivity index (χ1n) is 6.64. The predicted octanol–water partition coefficient (Wildman–Crippen LogP) is 2.57. The highest BCUT2D eigenvalue weighted by atomic mass is 19.4. The quantitative estimate of drug-likeness (QED) is 0.858. The predicted molar refractivity (Wildman–Crippen MR) is 67.7 cm³/mol. The average molecular weight is 280 g/mol. The second-order valence-electron chi connectivity index (χ2n) is 6.12. The average Bonchev–Trinajstić information content (AvgIpc) is 2.26. The van der Waals surface area contributed by atoms with Gasteiger partial charge in [0, 0.05) is 13.1 Å². The molecular weight excluding hydrogens is 257 g/mol. The largest absolute Gasteiger partial charge is 0.401 e. The normalized spacial score (nSPS) is 20.3. The zero-order valence-corrected chi connectivity index (χ0v) is 11.8. The fourth-order valence-electron chi connectivity index (χ4n) is 2.41. The van der Waals surface area contributed by atoms with Gasteiger partial charge in [-0.15, -0.1) is 0 Å². The van der Waals surface area contributed by atoms with Crippen molar-refractivity contribution in [1.82, 2.24) is 10.2 Å².